The first-order valence-corrected chi connectivity index (χ1v) is 9.71. The molecule has 0 bridgehead atoms. The molecule has 136 valence electrons. The topological polar surface area (TPSA) is 72.2 Å². The molecule has 27 heavy (non-hydrogen) atoms. The lowest BCUT2D eigenvalue weighted by Gasteiger charge is -2.04. The van der Waals surface area contributed by atoms with Crippen molar-refractivity contribution in [2.45, 2.75) is 19.3 Å². The van der Waals surface area contributed by atoms with Gasteiger partial charge in [0, 0.05) is 37.2 Å². The van der Waals surface area contributed by atoms with Crippen molar-refractivity contribution in [2.24, 2.45) is 0 Å². The highest BCUT2D eigenvalue weighted by atomic mass is 32.1. The van der Waals surface area contributed by atoms with Gasteiger partial charge in [0.1, 0.15) is 10.8 Å². The van der Waals surface area contributed by atoms with Crippen molar-refractivity contribution in [2.75, 3.05) is 6.54 Å². The van der Waals surface area contributed by atoms with Crippen molar-refractivity contribution in [1.82, 2.24) is 24.7 Å². The van der Waals surface area contributed by atoms with E-state index in [0.717, 1.165) is 27.7 Å². The Hall–Kier alpha value is -3.06. The molecule has 1 amide bonds. The van der Waals surface area contributed by atoms with Crippen molar-refractivity contribution < 1.29 is 4.79 Å². The number of hydrogen-bond acceptors (Lipinski definition) is 5. The summed E-state index contributed by atoms with van der Waals surface area (Å²) < 4.78 is 2.04. The first kappa shape index (κ1) is 17.4. The molecule has 0 saturated heterocycles. The van der Waals surface area contributed by atoms with Crippen LogP contribution in [-0.2, 0) is 17.6 Å². The zero-order chi connectivity index (χ0) is 18.5. The van der Waals surface area contributed by atoms with Gasteiger partial charge in [-0.2, -0.15) is 0 Å². The van der Waals surface area contributed by atoms with Crippen LogP contribution in [0.3, 0.4) is 0 Å². The van der Waals surface area contributed by atoms with Gasteiger partial charge in [-0.05, 0) is 30.7 Å². The van der Waals surface area contributed by atoms with Gasteiger partial charge in [0.05, 0.1) is 23.1 Å². The van der Waals surface area contributed by atoms with Crippen molar-refractivity contribution in [3.63, 3.8) is 0 Å². The summed E-state index contributed by atoms with van der Waals surface area (Å²) in [5, 5.41) is 5.85. The maximum absolute atomic E-state index is 12.1. The Morgan fingerprint density at radius 3 is 2.93 bits per heavy atom. The standard InChI is InChI=1S/C20H19N5OS/c26-19(22-11-9-18-23-13-16-5-2-4-12-25(16)18)8-7-15-14-27-20(24-15)17-6-1-3-10-21-17/h1-6,10,12-14H,7-9,11H2,(H,22,26). The molecule has 1 N–H and O–H groups in total. The summed E-state index contributed by atoms with van der Waals surface area (Å²) in [5.41, 5.74) is 2.85. The number of nitrogens with one attached hydrogen (secondary N) is 1. The number of amides is 1. The molecule has 0 saturated carbocycles. The summed E-state index contributed by atoms with van der Waals surface area (Å²) in [4.78, 5) is 25.4. The predicted molar refractivity (Wildman–Crippen MR) is 106 cm³/mol. The van der Waals surface area contributed by atoms with Crippen LogP contribution in [0.2, 0.25) is 0 Å². The van der Waals surface area contributed by atoms with E-state index in [1.807, 2.05) is 58.6 Å². The van der Waals surface area contributed by atoms with E-state index in [9.17, 15) is 4.79 Å². The molecule has 4 aromatic rings. The Balaban J connectivity index is 1.25. The summed E-state index contributed by atoms with van der Waals surface area (Å²) in [5.74, 6) is 0.980. The minimum atomic E-state index is 0.0308. The Morgan fingerprint density at radius 1 is 1.11 bits per heavy atom. The van der Waals surface area contributed by atoms with Crippen LogP contribution in [0.15, 0.2) is 60.4 Å². The highest BCUT2D eigenvalue weighted by Crippen LogP contribution is 2.21. The number of nitrogens with zero attached hydrogens (tertiary/aromatic N) is 4. The van der Waals surface area contributed by atoms with E-state index in [1.54, 1.807) is 17.5 Å². The predicted octanol–water partition coefficient (Wildman–Crippen LogP) is 3.14. The molecule has 0 aliphatic carbocycles. The number of aromatic nitrogens is 4. The van der Waals surface area contributed by atoms with Crippen LogP contribution in [0.5, 0.6) is 0 Å². The van der Waals surface area contributed by atoms with Crippen molar-refractivity contribution in [1.29, 1.82) is 0 Å². The molecule has 0 radical (unpaired) electrons. The molecular weight excluding hydrogens is 358 g/mol. The lowest BCUT2D eigenvalue weighted by molar-refractivity contribution is -0.121. The van der Waals surface area contributed by atoms with Gasteiger partial charge in [-0.3, -0.25) is 9.78 Å². The van der Waals surface area contributed by atoms with Crippen LogP contribution >= 0.6 is 11.3 Å². The maximum atomic E-state index is 12.1. The van der Waals surface area contributed by atoms with Crippen molar-refractivity contribution in [3.8, 4) is 10.7 Å². The second-order valence-electron chi connectivity index (χ2n) is 6.13. The van der Waals surface area contributed by atoms with E-state index in [-0.39, 0.29) is 5.91 Å². The summed E-state index contributed by atoms with van der Waals surface area (Å²) >= 11 is 1.56. The number of hydrogen-bond donors (Lipinski definition) is 1. The Morgan fingerprint density at radius 2 is 2.04 bits per heavy atom. The number of carbonyl (C=O) groups is 1. The van der Waals surface area contributed by atoms with E-state index < -0.39 is 0 Å². The normalized spacial score (nSPS) is 11.0. The van der Waals surface area contributed by atoms with Gasteiger partial charge in [-0.1, -0.05) is 12.1 Å². The van der Waals surface area contributed by atoms with Crippen molar-refractivity contribution >= 4 is 22.8 Å². The van der Waals surface area contributed by atoms with Gasteiger partial charge in [0.15, 0.2) is 0 Å². The molecule has 6 nitrogen and oxygen atoms in total. The van der Waals surface area contributed by atoms with Crippen LogP contribution in [-0.4, -0.2) is 31.8 Å². The fourth-order valence-corrected chi connectivity index (χ4v) is 3.69. The van der Waals surface area contributed by atoms with E-state index in [1.165, 1.54) is 0 Å². The molecule has 0 spiro atoms. The van der Waals surface area contributed by atoms with Crippen molar-refractivity contribution in [3.05, 3.63) is 71.9 Å². The number of rotatable bonds is 7. The second kappa shape index (κ2) is 8.09. The smallest absolute Gasteiger partial charge is 0.220 e. The third-order valence-corrected chi connectivity index (χ3v) is 5.14. The van der Waals surface area contributed by atoms with Gasteiger partial charge in [-0.15, -0.1) is 11.3 Å². The van der Waals surface area contributed by atoms with Crippen LogP contribution in [0, 0.1) is 0 Å². The van der Waals surface area contributed by atoms with Gasteiger partial charge in [-0.25, -0.2) is 9.97 Å². The molecule has 0 aliphatic rings. The summed E-state index contributed by atoms with van der Waals surface area (Å²) in [7, 11) is 0. The summed E-state index contributed by atoms with van der Waals surface area (Å²) in [6.45, 7) is 0.573. The van der Waals surface area contributed by atoms with Gasteiger partial charge in [0.2, 0.25) is 5.91 Å². The minimum Gasteiger partial charge on any atom is -0.356 e. The quantitative estimate of drug-likeness (QED) is 0.537. The van der Waals surface area contributed by atoms with Gasteiger partial charge < -0.3 is 9.72 Å². The fraction of sp³-hybridized carbons (Fsp3) is 0.200. The lowest BCUT2D eigenvalue weighted by atomic mass is 10.2. The van der Waals surface area contributed by atoms with Gasteiger partial charge >= 0.3 is 0 Å². The summed E-state index contributed by atoms with van der Waals surface area (Å²) in [6.07, 6.45) is 7.34. The SMILES string of the molecule is O=C(CCc1csc(-c2ccccn2)n1)NCCc1ncc2ccccn12. The number of thiazole rings is 1. The molecule has 4 rings (SSSR count). The first-order valence-electron chi connectivity index (χ1n) is 8.83. The molecule has 0 aromatic carbocycles. The first-order chi connectivity index (χ1) is 13.3. The largest absolute Gasteiger partial charge is 0.356 e. The van der Waals surface area contributed by atoms with E-state index in [0.29, 0.717) is 25.8 Å². The van der Waals surface area contributed by atoms with E-state index in [4.69, 9.17) is 0 Å². The number of pyridine rings is 2. The number of carbonyl (C=O) groups excluding carboxylic acids is 1. The molecule has 7 heteroatoms. The molecule has 0 unspecified atom stereocenters. The zero-order valence-corrected chi connectivity index (χ0v) is 15.5. The third kappa shape index (κ3) is 4.20. The average molecular weight is 377 g/mol. The van der Waals surface area contributed by atoms with Crippen LogP contribution in [0.4, 0.5) is 0 Å². The van der Waals surface area contributed by atoms with Crippen LogP contribution < -0.4 is 5.32 Å². The minimum absolute atomic E-state index is 0.0308. The molecule has 4 heterocycles. The van der Waals surface area contributed by atoms with Gasteiger partial charge in [0.25, 0.3) is 0 Å². The summed E-state index contributed by atoms with van der Waals surface area (Å²) in [6, 6.07) is 11.7. The number of aryl methyl sites for hydroxylation is 1. The zero-order valence-electron chi connectivity index (χ0n) is 14.7. The van der Waals surface area contributed by atoms with E-state index in [2.05, 4.69) is 20.3 Å². The number of imidazole rings is 1. The molecule has 4 aromatic heterocycles. The monoisotopic (exact) mass is 377 g/mol. The maximum Gasteiger partial charge on any atom is 0.220 e. The Labute approximate surface area is 160 Å². The number of fused-ring (bicyclic) bond motifs is 1. The molecular formula is C20H19N5OS. The average Bonchev–Trinajstić information content (AvgIpc) is 3.35. The highest BCUT2D eigenvalue weighted by molar-refractivity contribution is 7.13. The molecule has 0 atom stereocenters. The Bertz CT molecular complexity index is 1040. The molecule has 0 aliphatic heterocycles. The second-order valence-corrected chi connectivity index (χ2v) is 6.99. The van der Waals surface area contributed by atoms with Crippen LogP contribution in [0.1, 0.15) is 17.9 Å². The Kier molecular flexibility index (Phi) is 5.20. The van der Waals surface area contributed by atoms with Crippen LogP contribution in [0.25, 0.3) is 16.2 Å². The van der Waals surface area contributed by atoms with E-state index >= 15 is 0 Å². The third-order valence-electron chi connectivity index (χ3n) is 4.23. The fourth-order valence-electron chi connectivity index (χ4n) is 2.86. The lowest BCUT2D eigenvalue weighted by Crippen LogP contribution is -2.26. The molecule has 0 fully saturated rings. The highest BCUT2D eigenvalue weighted by Gasteiger charge is 2.09.